The summed E-state index contributed by atoms with van der Waals surface area (Å²) >= 11 is 0. The number of benzene rings is 1. The molecule has 138 valence electrons. The molecule has 1 amide bonds. The lowest BCUT2D eigenvalue weighted by Crippen LogP contribution is -2.41. The first-order valence-electron chi connectivity index (χ1n) is 8.24. The van der Waals surface area contributed by atoms with E-state index in [0.29, 0.717) is 6.54 Å². The van der Waals surface area contributed by atoms with Crippen LogP contribution in [0.2, 0.25) is 0 Å². The van der Waals surface area contributed by atoms with Crippen molar-refractivity contribution in [1.29, 1.82) is 0 Å². The lowest BCUT2D eigenvalue weighted by molar-refractivity contribution is -0.136. The average Bonchev–Trinajstić information content (AvgIpc) is 2.71. The molecule has 1 aromatic rings. The van der Waals surface area contributed by atoms with Gasteiger partial charge in [0.1, 0.15) is 0 Å². The summed E-state index contributed by atoms with van der Waals surface area (Å²) in [7, 11) is -1.19. The van der Waals surface area contributed by atoms with Gasteiger partial charge in [0.05, 0.1) is 16.8 Å². The molecule has 1 fully saturated rings. The molecule has 1 N–H and O–H groups in total. The largest absolute Gasteiger partial charge is 0.495 e. The SMILES string of the molecule is CCCNC(=O)c1ccc(C(F)(F)F)c(B2OC(C)(C)C(C)(C)O2)c1. The maximum Gasteiger partial charge on any atom is 0.495 e. The second-order valence-electron chi connectivity index (χ2n) is 7.14. The molecule has 0 radical (unpaired) electrons. The summed E-state index contributed by atoms with van der Waals surface area (Å²) in [6.07, 6.45) is -3.84. The molecular weight excluding hydrogens is 334 g/mol. The van der Waals surface area contributed by atoms with Gasteiger partial charge in [-0.25, -0.2) is 0 Å². The lowest BCUT2D eigenvalue weighted by atomic mass is 9.75. The van der Waals surface area contributed by atoms with E-state index in [-0.39, 0.29) is 11.0 Å². The van der Waals surface area contributed by atoms with Crippen LogP contribution in [0.1, 0.15) is 57.0 Å². The predicted octanol–water partition coefficient (Wildman–Crippen LogP) is 3.14. The Morgan fingerprint density at radius 1 is 1.16 bits per heavy atom. The molecule has 1 aromatic carbocycles. The van der Waals surface area contributed by atoms with Crippen LogP contribution in [0.4, 0.5) is 13.2 Å². The molecule has 0 atom stereocenters. The van der Waals surface area contributed by atoms with E-state index >= 15 is 0 Å². The Bertz CT molecular complexity index is 643. The van der Waals surface area contributed by atoms with Crippen molar-refractivity contribution >= 4 is 18.5 Å². The van der Waals surface area contributed by atoms with E-state index in [9.17, 15) is 18.0 Å². The fraction of sp³-hybridized carbons (Fsp3) is 0.588. The molecule has 1 heterocycles. The van der Waals surface area contributed by atoms with Crippen LogP contribution in [0.5, 0.6) is 0 Å². The highest BCUT2D eigenvalue weighted by atomic mass is 19.4. The van der Waals surface area contributed by atoms with Crippen LogP contribution in [0.15, 0.2) is 18.2 Å². The third-order valence-corrected chi connectivity index (χ3v) is 4.66. The van der Waals surface area contributed by atoms with Gasteiger partial charge in [0.15, 0.2) is 0 Å². The van der Waals surface area contributed by atoms with E-state index in [1.54, 1.807) is 27.7 Å². The van der Waals surface area contributed by atoms with Gasteiger partial charge in [0.25, 0.3) is 5.91 Å². The van der Waals surface area contributed by atoms with Crippen molar-refractivity contribution in [3.63, 3.8) is 0 Å². The summed E-state index contributed by atoms with van der Waals surface area (Å²) in [4.78, 5) is 12.1. The standard InChI is InChI=1S/C17H23BF3NO3/c1-6-9-22-14(23)11-7-8-12(17(19,20)21)13(10-11)18-24-15(2,3)16(4,5)25-18/h7-8,10H,6,9H2,1-5H3,(H,22,23). The zero-order valence-electron chi connectivity index (χ0n) is 15.1. The first-order valence-corrected chi connectivity index (χ1v) is 8.24. The minimum absolute atomic E-state index is 0.145. The van der Waals surface area contributed by atoms with Crippen molar-refractivity contribution in [3.05, 3.63) is 29.3 Å². The summed E-state index contributed by atoms with van der Waals surface area (Å²) in [5.41, 5.74) is -2.46. The van der Waals surface area contributed by atoms with Crippen LogP contribution in [0.25, 0.3) is 0 Å². The van der Waals surface area contributed by atoms with E-state index in [1.807, 2.05) is 6.92 Å². The number of hydrogen-bond donors (Lipinski definition) is 1. The summed E-state index contributed by atoms with van der Waals surface area (Å²) in [5.74, 6) is -0.423. The molecule has 2 rings (SSSR count). The average molecular weight is 357 g/mol. The third-order valence-electron chi connectivity index (χ3n) is 4.66. The number of carbonyl (C=O) groups excluding carboxylic acids is 1. The van der Waals surface area contributed by atoms with Crippen LogP contribution in [-0.4, -0.2) is 30.8 Å². The van der Waals surface area contributed by atoms with Gasteiger partial charge in [0.2, 0.25) is 0 Å². The smallest absolute Gasteiger partial charge is 0.399 e. The molecule has 1 aliphatic heterocycles. The Kier molecular flexibility index (Phi) is 5.26. The molecule has 25 heavy (non-hydrogen) atoms. The van der Waals surface area contributed by atoms with E-state index in [2.05, 4.69) is 5.32 Å². The number of rotatable bonds is 4. The number of halogens is 3. The van der Waals surface area contributed by atoms with Crippen molar-refractivity contribution in [2.45, 2.75) is 58.4 Å². The van der Waals surface area contributed by atoms with Crippen LogP contribution in [0, 0.1) is 0 Å². The summed E-state index contributed by atoms with van der Waals surface area (Å²) < 4.78 is 51.7. The fourth-order valence-corrected chi connectivity index (χ4v) is 2.47. The Labute approximate surface area is 146 Å². The van der Waals surface area contributed by atoms with Crippen LogP contribution >= 0.6 is 0 Å². The number of alkyl halides is 3. The molecule has 1 saturated heterocycles. The van der Waals surface area contributed by atoms with E-state index in [0.717, 1.165) is 12.5 Å². The quantitative estimate of drug-likeness (QED) is 0.843. The lowest BCUT2D eigenvalue weighted by Gasteiger charge is -2.32. The van der Waals surface area contributed by atoms with Crippen molar-refractivity contribution in [2.75, 3.05) is 6.54 Å². The van der Waals surface area contributed by atoms with Crippen LogP contribution in [0.3, 0.4) is 0 Å². The molecule has 1 aliphatic rings. The number of nitrogens with one attached hydrogen (secondary N) is 1. The summed E-state index contributed by atoms with van der Waals surface area (Å²) in [5, 5.41) is 2.66. The molecule has 8 heteroatoms. The van der Waals surface area contributed by atoms with Gasteiger partial charge in [-0.1, -0.05) is 6.92 Å². The minimum Gasteiger partial charge on any atom is -0.399 e. The fourth-order valence-electron chi connectivity index (χ4n) is 2.47. The Morgan fingerprint density at radius 3 is 2.20 bits per heavy atom. The third kappa shape index (κ3) is 4.01. The molecule has 0 spiro atoms. The molecule has 0 bridgehead atoms. The number of amides is 1. The van der Waals surface area contributed by atoms with Crippen molar-refractivity contribution in [1.82, 2.24) is 5.32 Å². The molecular formula is C17H23BF3NO3. The topological polar surface area (TPSA) is 47.6 Å². The molecule has 0 unspecified atom stereocenters. The van der Waals surface area contributed by atoms with Crippen molar-refractivity contribution < 1.29 is 27.3 Å². The van der Waals surface area contributed by atoms with Crippen LogP contribution < -0.4 is 10.8 Å². The van der Waals surface area contributed by atoms with Crippen LogP contribution in [-0.2, 0) is 15.5 Å². The second-order valence-corrected chi connectivity index (χ2v) is 7.14. The monoisotopic (exact) mass is 357 g/mol. The highest BCUT2D eigenvalue weighted by Crippen LogP contribution is 2.38. The van der Waals surface area contributed by atoms with Gasteiger partial charge < -0.3 is 14.6 Å². The van der Waals surface area contributed by atoms with Gasteiger partial charge in [-0.2, -0.15) is 13.2 Å². The molecule has 4 nitrogen and oxygen atoms in total. The first-order chi connectivity index (χ1) is 11.4. The maximum atomic E-state index is 13.4. The normalized spacial score (nSPS) is 19.1. The van der Waals surface area contributed by atoms with Gasteiger partial charge in [-0.15, -0.1) is 0 Å². The Balaban J connectivity index is 2.45. The Morgan fingerprint density at radius 2 is 1.72 bits per heavy atom. The molecule has 0 aromatic heterocycles. The van der Waals surface area contributed by atoms with E-state index in [1.165, 1.54) is 12.1 Å². The molecule has 0 saturated carbocycles. The maximum absolute atomic E-state index is 13.4. The molecule has 0 aliphatic carbocycles. The Hall–Kier alpha value is -1.54. The summed E-state index contributed by atoms with van der Waals surface area (Å²) in [6, 6.07) is 3.28. The van der Waals surface area contributed by atoms with Gasteiger partial charge in [0, 0.05) is 12.1 Å². The first kappa shape index (κ1) is 19.8. The minimum atomic E-state index is -4.57. The number of carbonyl (C=O) groups is 1. The van der Waals surface area contributed by atoms with Gasteiger partial charge in [-0.05, 0) is 57.8 Å². The number of hydrogen-bond acceptors (Lipinski definition) is 3. The highest BCUT2D eigenvalue weighted by Gasteiger charge is 2.53. The predicted molar refractivity (Wildman–Crippen MR) is 89.8 cm³/mol. The summed E-state index contributed by atoms with van der Waals surface area (Å²) in [6.45, 7) is 9.39. The highest BCUT2D eigenvalue weighted by molar-refractivity contribution is 6.62. The second kappa shape index (κ2) is 6.65. The zero-order valence-corrected chi connectivity index (χ0v) is 15.1. The zero-order chi connectivity index (χ0) is 19.0. The van der Waals surface area contributed by atoms with Gasteiger partial charge >= 0.3 is 13.3 Å². The van der Waals surface area contributed by atoms with E-state index < -0.39 is 36.0 Å². The van der Waals surface area contributed by atoms with Gasteiger partial charge in [-0.3, -0.25) is 4.79 Å². The van der Waals surface area contributed by atoms with E-state index in [4.69, 9.17) is 9.31 Å². The van der Waals surface area contributed by atoms with Crippen molar-refractivity contribution in [2.24, 2.45) is 0 Å². The van der Waals surface area contributed by atoms with Crippen molar-refractivity contribution in [3.8, 4) is 0 Å².